The first-order valence-corrected chi connectivity index (χ1v) is 14.8. The summed E-state index contributed by atoms with van der Waals surface area (Å²) in [6.07, 6.45) is 6.56. The molecule has 3 atom stereocenters. The lowest BCUT2D eigenvalue weighted by Gasteiger charge is -2.53. The van der Waals surface area contributed by atoms with Crippen molar-refractivity contribution in [3.8, 4) is 0 Å². The molecule has 1 aromatic carbocycles. The van der Waals surface area contributed by atoms with Gasteiger partial charge in [-0.3, -0.25) is 19.4 Å². The maximum absolute atomic E-state index is 13.6. The summed E-state index contributed by atoms with van der Waals surface area (Å²) < 4.78 is 2.26. The van der Waals surface area contributed by atoms with Crippen molar-refractivity contribution in [1.29, 1.82) is 0 Å². The quantitative estimate of drug-likeness (QED) is 0.380. The third kappa shape index (κ3) is 7.34. The molecule has 2 saturated heterocycles. The molecule has 3 aliphatic rings. The molecule has 2 aliphatic heterocycles. The van der Waals surface area contributed by atoms with Crippen molar-refractivity contribution in [2.75, 3.05) is 20.1 Å². The zero-order chi connectivity index (χ0) is 29.0. The maximum Gasteiger partial charge on any atom is 0.246 e. The molecule has 40 heavy (non-hydrogen) atoms. The number of amides is 3. The Morgan fingerprint density at radius 3 is 2.45 bits per heavy atom. The molecule has 3 unspecified atom stereocenters. The topological polar surface area (TPSA) is 97.9 Å². The highest BCUT2D eigenvalue weighted by molar-refractivity contribution is 7.97. The summed E-state index contributed by atoms with van der Waals surface area (Å²) in [7, 11) is 1.80. The van der Waals surface area contributed by atoms with Crippen LogP contribution in [0.2, 0.25) is 5.02 Å². The van der Waals surface area contributed by atoms with Crippen LogP contribution in [0.4, 0.5) is 0 Å². The number of aryl methyl sites for hydroxylation is 1. The van der Waals surface area contributed by atoms with Gasteiger partial charge in [-0.1, -0.05) is 17.7 Å². The lowest BCUT2D eigenvalue weighted by atomic mass is 9.97. The fourth-order valence-corrected chi connectivity index (χ4v) is 6.26. The van der Waals surface area contributed by atoms with E-state index in [1.807, 2.05) is 67.8 Å². The molecule has 2 aromatic rings. The number of carbonyl (C=O) groups excluding carboxylic acids is 3. The first-order chi connectivity index (χ1) is 19.0. The van der Waals surface area contributed by atoms with Crippen LogP contribution >= 0.6 is 23.5 Å². The normalized spacial score (nSPS) is 23.3. The van der Waals surface area contributed by atoms with Gasteiger partial charge in [0.1, 0.15) is 18.2 Å². The van der Waals surface area contributed by atoms with E-state index in [0.717, 1.165) is 28.9 Å². The first-order valence-electron chi connectivity index (χ1n) is 13.6. The Balaban J connectivity index is 0.000000470. The van der Waals surface area contributed by atoms with E-state index in [1.54, 1.807) is 31.4 Å². The van der Waals surface area contributed by atoms with E-state index >= 15 is 0 Å². The second kappa shape index (κ2) is 12.9. The van der Waals surface area contributed by atoms with Gasteiger partial charge in [0.2, 0.25) is 18.2 Å². The van der Waals surface area contributed by atoms with Crippen LogP contribution in [-0.4, -0.2) is 87.3 Å². The summed E-state index contributed by atoms with van der Waals surface area (Å²) in [5, 5.41) is 6.48. The molecule has 0 spiro atoms. The molecule has 3 amide bonds. The average Bonchev–Trinajstić information content (AvgIpc) is 3.74. The molecule has 9 nitrogen and oxygen atoms in total. The molecule has 1 saturated carbocycles. The summed E-state index contributed by atoms with van der Waals surface area (Å²) in [5.74, 6) is 0.0418. The lowest BCUT2D eigenvalue weighted by Crippen LogP contribution is -2.74. The Morgan fingerprint density at radius 1 is 1.15 bits per heavy atom. The number of halogens is 1. The number of hydrogen-bond acceptors (Lipinski definition) is 7. The van der Waals surface area contributed by atoms with Crippen LogP contribution in [0, 0.1) is 6.92 Å². The number of fused-ring (bicyclic) bond motifs is 1. The lowest BCUT2D eigenvalue weighted by molar-refractivity contribution is -0.167. The Labute approximate surface area is 246 Å². The van der Waals surface area contributed by atoms with E-state index < -0.39 is 6.04 Å². The minimum Gasteiger partial charge on any atom is -0.354 e. The van der Waals surface area contributed by atoms with Crippen LogP contribution < -0.4 is 10.6 Å². The van der Waals surface area contributed by atoms with Crippen LogP contribution in [0.3, 0.4) is 0 Å². The largest absolute Gasteiger partial charge is 0.354 e. The number of benzene rings is 1. The summed E-state index contributed by atoms with van der Waals surface area (Å²) in [5.41, 5.74) is 1.98. The highest BCUT2D eigenvalue weighted by Gasteiger charge is 2.52. The van der Waals surface area contributed by atoms with Crippen LogP contribution in [0.5, 0.6) is 0 Å². The fraction of sp³-hybridized carbons (Fsp3) is 0.517. The molecule has 3 fully saturated rings. The number of nitrogens with one attached hydrogen (secondary N) is 2. The first kappa shape index (κ1) is 30.3. The number of pyridine rings is 1. The predicted molar refractivity (Wildman–Crippen MR) is 158 cm³/mol. The minimum atomic E-state index is -0.536. The van der Waals surface area contributed by atoms with E-state index in [2.05, 4.69) is 19.9 Å². The van der Waals surface area contributed by atoms with Gasteiger partial charge in [0.05, 0.1) is 6.54 Å². The van der Waals surface area contributed by atoms with E-state index in [4.69, 9.17) is 11.6 Å². The zero-order valence-electron chi connectivity index (χ0n) is 23.8. The van der Waals surface area contributed by atoms with Gasteiger partial charge >= 0.3 is 0 Å². The van der Waals surface area contributed by atoms with Gasteiger partial charge in [0, 0.05) is 46.9 Å². The number of carbonyl (C=O) groups is 3. The number of likely N-dealkylation sites (N-methyl/N-ethyl adjacent to an activating group) is 1. The van der Waals surface area contributed by atoms with Gasteiger partial charge in [-0.2, -0.15) is 0 Å². The average molecular weight is 587 g/mol. The summed E-state index contributed by atoms with van der Waals surface area (Å²) in [6, 6.07) is 9.10. The third-order valence-electron chi connectivity index (χ3n) is 7.17. The minimum absolute atomic E-state index is 0.00938. The van der Waals surface area contributed by atoms with Crippen molar-refractivity contribution < 1.29 is 14.4 Å². The van der Waals surface area contributed by atoms with E-state index in [0.29, 0.717) is 30.9 Å². The molecule has 2 N–H and O–H groups in total. The Hall–Kier alpha value is -2.66. The van der Waals surface area contributed by atoms with Crippen molar-refractivity contribution in [1.82, 2.24) is 29.7 Å². The van der Waals surface area contributed by atoms with Crippen molar-refractivity contribution in [3.63, 3.8) is 0 Å². The van der Waals surface area contributed by atoms with Crippen molar-refractivity contribution >= 4 is 41.8 Å². The van der Waals surface area contributed by atoms with Gasteiger partial charge in [-0.05, 0) is 94.9 Å². The zero-order valence-corrected chi connectivity index (χ0v) is 25.3. The number of hydrogen-bond donors (Lipinski definition) is 2. The predicted octanol–water partition coefficient (Wildman–Crippen LogP) is 3.26. The second-order valence-electron chi connectivity index (χ2n) is 11.5. The molecule has 0 radical (unpaired) electrons. The van der Waals surface area contributed by atoms with Gasteiger partial charge < -0.3 is 20.4 Å². The molecular formula is C29H39ClN6O3S. The van der Waals surface area contributed by atoms with E-state index in [9.17, 15) is 14.4 Å². The standard InChI is InChI=1S/C24H28ClN5O2S.C5H11NO/c1-15-10-17(25)5-8-21(15)33-29-13-19(26-2)23(31)30-20(11-16-4-3-9-27-12-16)24(32)28(14-22(29)30)18-6-7-18;1-5(2,3)6-4-7/h3-5,8-10,12,18-20,22,26H,6-7,11,13-14H2,1-2H3;4H,1-3H3,(H,6,7). The van der Waals surface area contributed by atoms with Crippen molar-refractivity contribution in [2.24, 2.45) is 0 Å². The highest BCUT2D eigenvalue weighted by atomic mass is 35.5. The maximum atomic E-state index is 13.6. The summed E-state index contributed by atoms with van der Waals surface area (Å²) in [4.78, 5) is 46.0. The smallest absolute Gasteiger partial charge is 0.246 e. The Kier molecular flexibility index (Phi) is 9.76. The van der Waals surface area contributed by atoms with Crippen LogP contribution in [0.25, 0.3) is 0 Å². The number of rotatable bonds is 7. The van der Waals surface area contributed by atoms with Crippen molar-refractivity contribution in [2.45, 2.75) is 81.7 Å². The molecule has 216 valence electrons. The number of nitrogens with zero attached hydrogens (tertiary/aromatic N) is 4. The molecular weight excluding hydrogens is 548 g/mol. The molecule has 0 bridgehead atoms. The molecule has 1 aliphatic carbocycles. The molecule has 5 rings (SSSR count). The third-order valence-corrected chi connectivity index (χ3v) is 8.68. The van der Waals surface area contributed by atoms with Gasteiger partial charge in [0.15, 0.2) is 0 Å². The van der Waals surface area contributed by atoms with Gasteiger partial charge in [0.25, 0.3) is 0 Å². The molecule has 3 heterocycles. The summed E-state index contributed by atoms with van der Waals surface area (Å²) in [6.45, 7) is 8.94. The van der Waals surface area contributed by atoms with Crippen LogP contribution in [-0.2, 0) is 20.8 Å². The monoisotopic (exact) mass is 586 g/mol. The SMILES string of the molecule is CC(C)(C)NC=O.CNC1CN(Sc2ccc(Cl)cc2C)C2CN(C3CC3)C(=O)C(Cc3cccnc3)N2C1=O. The number of aromatic nitrogens is 1. The Morgan fingerprint density at radius 2 is 1.90 bits per heavy atom. The van der Waals surface area contributed by atoms with Crippen LogP contribution in [0.1, 0.15) is 44.7 Å². The van der Waals surface area contributed by atoms with Crippen molar-refractivity contribution in [3.05, 3.63) is 58.9 Å². The van der Waals surface area contributed by atoms with Crippen LogP contribution in [0.15, 0.2) is 47.6 Å². The van der Waals surface area contributed by atoms with E-state index in [1.165, 1.54) is 0 Å². The summed E-state index contributed by atoms with van der Waals surface area (Å²) >= 11 is 7.81. The Bertz CT molecular complexity index is 1210. The molecule has 1 aromatic heterocycles. The molecule has 11 heteroatoms. The highest BCUT2D eigenvalue weighted by Crippen LogP contribution is 2.39. The van der Waals surface area contributed by atoms with Gasteiger partial charge in [-0.15, -0.1) is 0 Å². The fourth-order valence-electron chi connectivity index (χ4n) is 4.94. The van der Waals surface area contributed by atoms with Gasteiger partial charge in [-0.25, -0.2) is 4.31 Å². The second-order valence-corrected chi connectivity index (χ2v) is 13.0. The number of piperazine rings is 1. The van der Waals surface area contributed by atoms with E-state index in [-0.39, 0.29) is 35.6 Å².